The van der Waals surface area contributed by atoms with Gasteiger partial charge < -0.3 is 9.40 Å². The Morgan fingerprint density at radius 3 is 0.908 bits per heavy atom. The first-order valence-corrected chi connectivity index (χ1v) is 37.1. The second-order valence-electron chi connectivity index (χ2n) is 24.9. The van der Waals surface area contributed by atoms with Crippen molar-refractivity contribution in [3.8, 4) is 0 Å². The molecule has 23 rings (SSSR count). The monoisotopic (exact) mass is 1420 g/mol. The van der Waals surface area contributed by atoms with Gasteiger partial charge in [0.15, 0.2) is 0 Å². The van der Waals surface area contributed by atoms with Crippen molar-refractivity contribution in [1.29, 1.82) is 0 Å². The van der Waals surface area contributed by atoms with Crippen molar-refractivity contribution < 1.29 is 4.42 Å². The van der Waals surface area contributed by atoms with Crippen LogP contribution in [0.25, 0.3) is 130 Å². The second-order valence-corrected chi connectivity index (χ2v) is 25.7. The van der Waals surface area contributed by atoms with E-state index in [1.54, 1.807) is 36.3 Å². The minimum Gasteiger partial charge on any atom is -0.473 e. The number of benzene rings is 17. The van der Waals surface area contributed by atoms with Gasteiger partial charge in [-0.2, -0.15) is 11.3 Å². The van der Waals surface area contributed by atoms with Crippen LogP contribution < -0.4 is 0 Å². The van der Waals surface area contributed by atoms with Crippen molar-refractivity contribution in [2.45, 2.75) is 0 Å². The van der Waals surface area contributed by atoms with Crippen LogP contribution in [-0.4, -0.2) is 24.9 Å². The Balaban J connectivity index is 0.000000108. The van der Waals surface area contributed by atoms with Gasteiger partial charge in [0.2, 0.25) is 0 Å². The van der Waals surface area contributed by atoms with E-state index in [0.29, 0.717) is 0 Å². The molecule has 0 bridgehead atoms. The van der Waals surface area contributed by atoms with Crippen LogP contribution in [0.5, 0.6) is 0 Å². The third-order valence-corrected chi connectivity index (χ3v) is 18.4. The number of fused-ring (bicyclic) bond motifs is 11. The van der Waals surface area contributed by atoms with Crippen molar-refractivity contribution in [2.75, 3.05) is 0 Å². The number of thiophene rings is 1. The van der Waals surface area contributed by atoms with Crippen molar-refractivity contribution in [1.82, 2.24) is 24.9 Å². The standard InChI is InChI=1S/C20H12.2C14H10.C10H8.2C9H7N.C8H6N2.C6H6.C4H5N.C4H4O.C4H4S/c1-5-13-6-2-11-17-18-12-4-8-14-7-3-10-16(20(14)18)15(9-1)19(13)17;1-3-7-13-11(5-1)9-10-12-6-2-4-8-14(12)13;1-2-6-12-10-14-8-4-3-7-13(14)9-11(12)5-1;1-2-6-10-8-4-3-7-9(10)5-1;1-2-6-9-8(4-1)5-3-7-10-9;1-2-4-9-7-10-6-5-8(9)3-1;1-2-4-8-7(3-1)9-5-6-10-8;1-2-4-6-5-3-1;3*1-2-4-5-3-1/h1-12H;2*1-10H;1-8H;2*1-7H;1-6H;1-6H;1-5H;2*1-4H. The Morgan fingerprint density at radius 1 is 0.211 bits per heavy atom. The quantitative estimate of drug-likeness (QED) is 0.121. The largest absolute Gasteiger partial charge is 0.473 e. The van der Waals surface area contributed by atoms with Crippen LogP contribution in [0.2, 0.25) is 0 Å². The third kappa shape index (κ3) is 20.6. The molecule has 0 atom stereocenters. The summed E-state index contributed by atoms with van der Waals surface area (Å²) in [5, 5.41) is 31.8. The zero-order valence-corrected chi connectivity index (χ0v) is 61.0. The summed E-state index contributed by atoms with van der Waals surface area (Å²) in [5.41, 5.74) is 2.96. The molecule has 23 aromatic rings. The van der Waals surface area contributed by atoms with E-state index in [1.807, 2.05) is 181 Å². The average molecular weight is 1420 g/mol. The maximum Gasteiger partial charge on any atom is 0.0902 e. The number of pyridine rings is 2. The van der Waals surface area contributed by atoms with Gasteiger partial charge >= 0.3 is 0 Å². The molecular formula is C102H79N5OS. The van der Waals surface area contributed by atoms with E-state index >= 15 is 0 Å². The number of furan rings is 1. The molecule has 7 heteroatoms. The lowest BCUT2D eigenvalue weighted by Crippen LogP contribution is -1.85. The van der Waals surface area contributed by atoms with Crippen molar-refractivity contribution >= 4 is 141 Å². The molecule has 109 heavy (non-hydrogen) atoms. The first-order chi connectivity index (χ1) is 54.2. The molecule has 0 saturated heterocycles. The number of nitrogens with zero attached hydrogens (tertiary/aromatic N) is 4. The van der Waals surface area contributed by atoms with Crippen LogP contribution in [-0.2, 0) is 0 Å². The van der Waals surface area contributed by atoms with Gasteiger partial charge in [0, 0.05) is 48.8 Å². The summed E-state index contributed by atoms with van der Waals surface area (Å²) in [6.45, 7) is 0. The molecular weight excluding hydrogens is 1340 g/mol. The smallest absolute Gasteiger partial charge is 0.0902 e. The highest BCUT2D eigenvalue weighted by Crippen LogP contribution is 2.40. The predicted molar refractivity (Wildman–Crippen MR) is 468 cm³/mol. The number of aromatic nitrogens is 5. The second kappa shape index (κ2) is 39.6. The number of para-hydroxylation sites is 3. The Morgan fingerprint density at radius 2 is 0.541 bits per heavy atom. The Labute approximate surface area is 639 Å². The van der Waals surface area contributed by atoms with E-state index < -0.39 is 0 Å². The predicted octanol–water partition coefficient (Wildman–Crippen LogP) is 28.4. The highest BCUT2D eigenvalue weighted by molar-refractivity contribution is 7.07. The van der Waals surface area contributed by atoms with E-state index in [4.69, 9.17) is 0 Å². The number of H-pyrrole nitrogens is 1. The van der Waals surface area contributed by atoms with Gasteiger partial charge in [0.1, 0.15) is 0 Å². The van der Waals surface area contributed by atoms with E-state index in [2.05, 4.69) is 296 Å². The van der Waals surface area contributed by atoms with Gasteiger partial charge in [0.05, 0.1) is 29.1 Å². The Kier molecular flexibility index (Phi) is 26.5. The number of aromatic amines is 1. The highest BCUT2D eigenvalue weighted by Gasteiger charge is 2.12. The van der Waals surface area contributed by atoms with Gasteiger partial charge in [-0.15, -0.1) is 0 Å². The van der Waals surface area contributed by atoms with Crippen molar-refractivity contribution in [3.63, 3.8) is 0 Å². The SMILES string of the molecule is c1cc2cccc3c4cccc5cccc(c(c1)c23)c54.c1cc[nH]c1.c1ccc2c(c1)ccc1ccccc12.c1ccc2cc3ccccc3cc2c1.c1ccc2ccccc2c1.c1ccc2cnccc2c1.c1ccc2ncccc2c1.c1ccc2nccnc2c1.c1ccccc1.c1ccoc1.c1ccsc1. The molecule has 0 spiro atoms. The average Bonchev–Trinajstić information content (AvgIpc) is 1.65. The van der Waals surface area contributed by atoms with Crippen LogP contribution in [0.15, 0.2) is 478 Å². The highest BCUT2D eigenvalue weighted by atomic mass is 32.1. The molecule has 524 valence electrons. The molecule has 6 aromatic heterocycles. The molecule has 0 unspecified atom stereocenters. The van der Waals surface area contributed by atoms with Crippen LogP contribution in [0, 0.1) is 0 Å². The van der Waals surface area contributed by atoms with E-state index in [1.165, 1.54) is 113 Å². The summed E-state index contributed by atoms with van der Waals surface area (Å²) in [7, 11) is 0. The van der Waals surface area contributed by atoms with Crippen molar-refractivity contribution in [2.24, 2.45) is 0 Å². The summed E-state index contributed by atoms with van der Waals surface area (Å²) in [5.74, 6) is 0. The summed E-state index contributed by atoms with van der Waals surface area (Å²) in [6.07, 6.45) is 15.9. The molecule has 0 fully saturated rings. The minimum atomic E-state index is 0.949. The molecule has 0 aliphatic carbocycles. The number of rotatable bonds is 0. The first kappa shape index (κ1) is 73.1. The van der Waals surface area contributed by atoms with Gasteiger partial charge in [-0.05, 0) is 185 Å². The molecule has 1 N–H and O–H groups in total. The minimum absolute atomic E-state index is 0.949. The number of hydrogen-bond donors (Lipinski definition) is 1. The van der Waals surface area contributed by atoms with Crippen LogP contribution in [0.3, 0.4) is 0 Å². The lowest BCUT2D eigenvalue weighted by atomic mass is 9.90. The summed E-state index contributed by atoms with van der Waals surface area (Å²) in [6, 6.07) is 140. The third-order valence-electron chi connectivity index (χ3n) is 17.8. The topological polar surface area (TPSA) is 80.5 Å². The fraction of sp³-hybridized carbons (Fsp3) is 0. The Bertz CT molecular complexity index is 5500. The molecule has 17 aromatic carbocycles. The summed E-state index contributed by atoms with van der Waals surface area (Å²) < 4.78 is 4.58. The van der Waals surface area contributed by atoms with Crippen LogP contribution in [0.1, 0.15) is 0 Å². The normalized spacial score (nSPS) is 10.2. The molecule has 0 aliphatic rings. The molecule has 0 radical (unpaired) electrons. The van der Waals surface area contributed by atoms with E-state index in [9.17, 15) is 0 Å². The van der Waals surface area contributed by atoms with Gasteiger partial charge in [-0.3, -0.25) is 19.9 Å². The van der Waals surface area contributed by atoms with Gasteiger partial charge in [0.25, 0.3) is 0 Å². The maximum absolute atomic E-state index is 4.58. The summed E-state index contributed by atoms with van der Waals surface area (Å²) in [4.78, 5) is 19.3. The maximum atomic E-state index is 4.58. The van der Waals surface area contributed by atoms with Crippen molar-refractivity contribution in [3.05, 3.63) is 473 Å². The molecule has 6 heterocycles. The zero-order valence-electron chi connectivity index (χ0n) is 60.1. The lowest BCUT2D eigenvalue weighted by molar-refractivity contribution is 0.567. The molecule has 0 saturated carbocycles. The molecule has 6 nitrogen and oxygen atoms in total. The fourth-order valence-corrected chi connectivity index (χ4v) is 13.1. The zero-order chi connectivity index (χ0) is 74.0. The van der Waals surface area contributed by atoms with Gasteiger partial charge in [-0.25, -0.2) is 0 Å². The van der Waals surface area contributed by atoms with Gasteiger partial charge in [-0.1, -0.05) is 340 Å². The molecule has 0 amide bonds. The lowest BCUT2D eigenvalue weighted by Gasteiger charge is -2.13. The van der Waals surface area contributed by atoms with E-state index in [-0.39, 0.29) is 0 Å². The number of hydrogen-bond acceptors (Lipinski definition) is 6. The van der Waals surface area contributed by atoms with Crippen LogP contribution >= 0.6 is 11.3 Å². The Hall–Kier alpha value is -14.2. The van der Waals surface area contributed by atoms with E-state index in [0.717, 1.165) is 16.6 Å². The summed E-state index contributed by atoms with van der Waals surface area (Å²) >= 11 is 1.71. The first-order valence-electron chi connectivity index (χ1n) is 36.2. The van der Waals surface area contributed by atoms with Crippen LogP contribution in [0.4, 0.5) is 0 Å². The number of nitrogens with one attached hydrogen (secondary N) is 1. The fourth-order valence-electron chi connectivity index (χ4n) is 12.6. The molecule has 0 aliphatic heterocycles.